The fourth-order valence-electron chi connectivity index (χ4n) is 2.06. The predicted octanol–water partition coefficient (Wildman–Crippen LogP) is 3.53. The summed E-state index contributed by atoms with van der Waals surface area (Å²) in [6.45, 7) is 10.6. The second-order valence-corrected chi connectivity index (χ2v) is 4.85. The van der Waals surface area contributed by atoms with Crippen LogP contribution in [0.1, 0.15) is 13.3 Å². The maximum absolute atomic E-state index is 12.0. The van der Waals surface area contributed by atoms with Crippen molar-refractivity contribution in [2.45, 2.75) is 19.9 Å². The van der Waals surface area contributed by atoms with E-state index in [1.165, 1.54) is 0 Å². The molecule has 0 atom stereocenters. The van der Waals surface area contributed by atoms with Crippen LogP contribution in [0.3, 0.4) is 0 Å². The summed E-state index contributed by atoms with van der Waals surface area (Å²) in [5.74, 6) is 0.780. The van der Waals surface area contributed by atoms with Crippen molar-refractivity contribution in [1.82, 2.24) is 4.57 Å². The molecule has 0 bridgehead atoms. The highest BCUT2D eigenvalue weighted by Crippen LogP contribution is 2.20. The van der Waals surface area contributed by atoms with Gasteiger partial charge in [-0.25, -0.2) is 0 Å². The third-order valence-corrected chi connectivity index (χ3v) is 3.09. The summed E-state index contributed by atoms with van der Waals surface area (Å²) in [5.41, 5.74) is 2.00. The molecule has 1 aromatic heterocycles. The Labute approximate surface area is 118 Å². The van der Waals surface area contributed by atoms with Gasteiger partial charge in [-0.2, -0.15) is 0 Å². The lowest BCUT2D eigenvalue weighted by Gasteiger charge is -2.11. The van der Waals surface area contributed by atoms with E-state index in [1.54, 1.807) is 16.7 Å². The molecule has 104 valence electrons. The number of rotatable bonds is 6. The van der Waals surface area contributed by atoms with Crippen LogP contribution in [-0.2, 0) is 6.54 Å². The molecule has 0 aliphatic rings. The number of benzene rings is 1. The summed E-state index contributed by atoms with van der Waals surface area (Å²) in [6.07, 6.45) is 2.51. The summed E-state index contributed by atoms with van der Waals surface area (Å²) in [4.78, 5) is 12.0. The van der Waals surface area contributed by atoms with Crippen LogP contribution in [0.15, 0.2) is 59.9 Å². The van der Waals surface area contributed by atoms with Gasteiger partial charge in [0.2, 0.25) is 0 Å². The van der Waals surface area contributed by atoms with Crippen LogP contribution in [0, 0.1) is 0 Å². The van der Waals surface area contributed by atoms with E-state index >= 15 is 0 Å². The van der Waals surface area contributed by atoms with E-state index in [9.17, 15) is 4.79 Å². The van der Waals surface area contributed by atoms with Crippen LogP contribution in [0.5, 0.6) is 5.75 Å². The number of aromatic nitrogens is 1. The van der Waals surface area contributed by atoms with E-state index in [0.29, 0.717) is 13.2 Å². The average Bonchev–Trinajstić information content (AvgIpc) is 2.43. The number of ether oxygens (including phenoxy) is 1. The van der Waals surface area contributed by atoms with E-state index in [1.807, 2.05) is 31.2 Å². The molecule has 0 N–H and O–H groups in total. The summed E-state index contributed by atoms with van der Waals surface area (Å²) in [5, 5.41) is 0.993. The minimum atomic E-state index is 0.0125. The molecule has 0 fully saturated rings. The molecule has 0 spiro atoms. The van der Waals surface area contributed by atoms with Crippen molar-refractivity contribution in [3.63, 3.8) is 0 Å². The molecule has 2 aromatic rings. The van der Waals surface area contributed by atoms with Crippen molar-refractivity contribution in [3.8, 4) is 5.75 Å². The van der Waals surface area contributed by atoms with Gasteiger partial charge in [-0.05, 0) is 37.6 Å². The number of fused-ring (bicyclic) bond motifs is 1. The van der Waals surface area contributed by atoms with Gasteiger partial charge in [-0.15, -0.1) is 6.58 Å². The Hall–Kier alpha value is -2.29. The van der Waals surface area contributed by atoms with Crippen LogP contribution in [-0.4, -0.2) is 11.2 Å². The minimum Gasteiger partial charge on any atom is -0.490 e. The van der Waals surface area contributed by atoms with Gasteiger partial charge in [0.1, 0.15) is 12.4 Å². The van der Waals surface area contributed by atoms with Gasteiger partial charge < -0.3 is 9.30 Å². The predicted molar refractivity (Wildman–Crippen MR) is 83.3 cm³/mol. The Morgan fingerprint density at radius 3 is 2.85 bits per heavy atom. The number of nitrogens with zero attached hydrogens (tertiary/aromatic N) is 1. The average molecular weight is 269 g/mol. The first kappa shape index (κ1) is 14.1. The first-order valence-electron chi connectivity index (χ1n) is 6.63. The largest absolute Gasteiger partial charge is 0.490 e. The maximum Gasteiger partial charge on any atom is 0.251 e. The minimum absolute atomic E-state index is 0.0125. The molecular weight excluding hydrogens is 250 g/mol. The van der Waals surface area contributed by atoms with Crippen molar-refractivity contribution in [1.29, 1.82) is 0 Å². The normalized spacial score (nSPS) is 10.4. The first-order chi connectivity index (χ1) is 9.61. The van der Waals surface area contributed by atoms with Crippen LogP contribution >= 0.6 is 0 Å². The third kappa shape index (κ3) is 3.18. The lowest BCUT2D eigenvalue weighted by molar-refractivity contribution is 0.363. The molecule has 0 saturated heterocycles. The lowest BCUT2D eigenvalue weighted by atomic mass is 10.2. The zero-order valence-electron chi connectivity index (χ0n) is 11.8. The molecule has 3 nitrogen and oxygen atoms in total. The number of hydrogen-bond donors (Lipinski definition) is 0. The third-order valence-electron chi connectivity index (χ3n) is 3.09. The van der Waals surface area contributed by atoms with Crippen LogP contribution in [0.4, 0.5) is 0 Å². The Kier molecular flexibility index (Phi) is 4.41. The topological polar surface area (TPSA) is 31.2 Å². The second kappa shape index (κ2) is 6.24. The van der Waals surface area contributed by atoms with E-state index in [4.69, 9.17) is 4.74 Å². The molecule has 1 aromatic carbocycles. The maximum atomic E-state index is 12.0. The van der Waals surface area contributed by atoms with Gasteiger partial charge in [-0.3, -0.25) is 4.79 Å². The van der Waals surface area contributed by atoms with Gasteiger partial charge in [0.15, 0.2) is 0 Å². The molecule has 0 radical (unpaired) electrons. The van der Waals surface area contributed by atoms with Crippen molar-refractivity contribution < 1.29 is 4.74 Å². The highest BCUT2D eigenvalue weighted by molar-refractivity contribution is 5.80. The highest BCUT2D eigenvalue weighted by atomic mass is 16.5. The Morgan fingerprint density at radius 2 is 2.15 bits per heavy atom. The summed E-state index contributed by atoms with van der Waals surface area (Å²) in [7, 11) is 0. The molecule has 1 heterocycles. The molecule has 3 heteroatoms. The smallest absolute Gasteiger partial charge is 0.251 e. The lowest BCUT2D eigenvalue weighted by Crippen LogP contribution is -2.19. The molecule has 2 rings (SSSR count). The SMILES string of the molecule is C=CCOc1ccc2c(ccc(=O)n2CCC(=C)C)c1. The summed E-state index contributed by atoms with van der Waals surface area (Å²) >= 11 is 0. The van der Waals surface area contributed by atoms with Gasteiger partial charge in [0.05, 0.1) is 5.52 Å². The molecule has 0 amide bonds. The number of allylic oxidation sites excluding steroid dienone is 1. The molecule has 0 aliphatic carbocycles. The highest BCUT2D eigenvalue weighted by Gasteiger charge is 2.04. The molecule has 20 heavy (non-hydrogen) atoms. The molecular formula is C17H19NO2. The summed E-state index contributed by atoms with van der Waals surface area (Å²) < 4.78 is 7.29. The monoisotopic (exact) mass is 269 g/mol. The van der Waals surface area contributed by atoms with E-state index in [2.05, 4.69) is 13.2 Å². The van der Waals surface area contributed by atoms with Crippen molar-refractivity contribution in [2.24, 2.45) is 0 Å². The number of aryl methyl sites for hydroxylation is 1. The fourth-order valence-corrected chi connectivity index (χ4v) is 2.06. The zero-order valence-corrected chi connectivity index (χ0v) is 11.8. The van der Waals surface area contributed by atoms with E-state index in [0.717, 1.165) is 28.6 Å². The van der Waals surface area contributed by atoms with E-state index in [-0.39, 0.29) is 5.56 Å². The van der Waals surface area contributed by atoms with Crippen LogP contribution in [0.25, 0.3) is 10.9 Å². The number of hydrogen-bond acceptors (Lipinski definition) is 2. The van der Waals surface area contributed by atoms with Gasteiger partial charge in [-0.1, -0.05) is 18.2 Å². The van der Waals surface area contributed by atoms with Crippen molar-refractivity contribution >= 4 is 10.9 Å². The van der Waals surface area contributed by atoms with Crippen molar-refractivity contribution in [3.05, 3.63) is 65.5 Å². The van der Waals surface area contributed by atoms with Gasteiger partial charge in [0.25, 0.3) is 5.56 Å². The number of pyridine rings is 1. The van der Waals surface area contributed by atoms with Crippen molar-refractivity contribution in [2.75, 3.05) is 6.61 Å². The Morgan fingerprint density at radius 1 is 1.35 bits per heavy atom. The van der Waals surface area contributed by atoms with Gasteiger partial charge in [0, 0.05) is 18.0 Å². The summed E-state index contributed by atoms with van der Waals surface area (Å²) in [6, 6.07) is 9.17. The Balaban J connectivity index is 2.41. The quantitative estimate of drug-likeness (QED) is 0.751. The van der Waals surface area contributed by atoms with Crippen LogP contribution in [0.2, 0.25) is 0 Å². The Bertz CT molecular complexity index is 698. The standard InChI is InChI=1S/C17H19NO2/c1-4-11-20-15-6-7-16-14(12-15)5-8-17(19)18(16)10-9-13(2)3/h4-8,12H,1-2,9-11H2,3H3. The molecule has 0 unspecified atom stereocenters. The zero-order chi connectivity index (χ0) is 14.5. The first-order valence-corrected chi connectivity index (χ1v) is 6.63. The molecule has 0 aliphatic heterocycles. The molecule has 0 saturated carbocycles. The second-order valence-electron chi connectivity index (χ2n) is 4.85. The van der Waals surface area contributed by atoms with Gasteiger partial charge >= 0.3 is 0 Å². The van der Waals surface area contributed by atoms with E-state index < -0.39 is 0 Å². The van der Waals surface area contributed by atoms with Crippen LogP contribution < -0.4 is 10.3 Å². The fraction of sp³-hybridized carbons (Fsp3) is 0.235.